The highest BCUT2D eigenvalue weighted by Crippen LogP contribution is 2.48. The first-order valence-corrected chi connectivity index (χ1v) is 12.6. The molecule has 2 fully saturated rings. The van der Waals surface area contributed by atoms with Crippen LogP contribution < -0.4 is 10.5 Å². The van der Waals surface area contributed by atoms with Crippen LogP contribution in [-0.4, -0.2) is 54.7 Å². The lowest BCUT2D eigenvalue weighted by Crippen LogP contribution is -2.33. The van der Waals surface area contributed by atoms with Gasteiger partial charge in [0.1, 0.15) is 6.10 Å². The number of amides is 1. The van der Waals surface area contributed by atoms with Gasteiger partial charge in [-0.25, -0.2) is 28.4 Å². The van der Waals surface area contributed by atoms with Crippen LogP contribution in [0.2, 0.25) is 0 Å². The van der Waals surface area contributed by atoms with Crippen molar-refractivity contribution in [3.8, 4) is 23.1 Å². The van der Waals surface area contributed by atoms with Crippen molar-refractivity contribution in [1.82, 2.24) is 29.6 Å². The van der Waals surface area contributed by atoms with Gasteiger partial charge in [-0.1, -0.05) is 0 Å². The van der Waals surface area contributed by atoms with E-state index in [2.05, 4.69) is 20.1 Å². The molecular formula is C28H27F2N7O2. The molecule has 1 amide bonds. The first-order chi connectivity index (χ1) is 18.6. The van der Waals surface area contributed by atoms with Crippen LogP contribution in [0.5, 0.6) is 5.88 Å². The van der Waals surface area contributed by atoms with Gasteiger partial charge in [-0.2, -0.15) is 5.10 Å². The third kappa shape index (κ3) is 4.74. The summed E-state index contributed by atoms with van der Waals surface area (Å²) in [7, 11) is 0. The van der Waals surface area contributed by atoms with E-state index in [1.807, 2.05) is 18.7 Å². The molecule has 2 unspecified atom stereocenters. The van der Waals surface area contributed by atoms with Crippen molar-refractivity contribution in [2.75, 3.05) is 13.1 Å². The van der Waals surface area contributed by atoms with Crippen molar-refractivity contribution in [2.45, 2.75) is 32.4 Å². The zero-order valence-electron chi connectivity index (χ0n) is 21.7. The smallest absolute Gasteiger partial charge is 0.257 e. The molecule has 1 aliphatic heterocycles. The van der Waals surface area contributed by atoms with Crippen molar-refractivity contribution in [3.05, 3.63) is 83.4 Å². The first-order valence-electron chi connectivity index (χ1n) is 12.6. The number of likely N-dealkylation sites (tertiary alicyclic amines) is 1. The Balaban J connectivity index is 1.17. The average molecular weight is 532 g/mol. The summed E-state index contributed by atoms with van der Waals surface area (Å²) in [6.07, 6.45) is 4.80. The maximum Gasteiger partial charge on any atom is 0.257 e. The van der Waals surface area contributed by atoms with Gasteiger partial charge in [0.2, 0.25) is 11.8 Å². The standard InChI is InChI=1S/C28H27F2N7O2/c1-15-18(14-37(35-15)27-32-7-4-8-33-27)26(38)36-12-19-20(13-36)25(19)39-24-11-17(28(2,3)31)10-23(34-24)16-5-6-21(29)22(30)9-16/h4-11,14,19-20,25H,12-13,31H2,1-3H3. The van der Waals surface area contributed by atoms with Crippen LogP contribution in [-0.2, 0) is 5.54 Å². The van der Waals surface area contributed by atoms with Gasteiger partial charge in [0.25, 0.3) is 5.91 Å². The van der Waals surface area contributed by atoms with Gasteiger partial charge in [0.05, 0.1) is 17.0 Å². The molecule has 1 aliphatic carbocycles. The zero-order chi connectivity index (χ0) is 27.5. The number of carbonyl (C=O) groups excluding carboxylic acids is 1. The monoisotopic (exact) mass is 531 g/mol. The summed E-state index contributed by atoms with van der Waals surface area (Å²) in [5, 5.41) is 4.40. The summed E-state index contributed by atoms with van der Waals surface area (Å²) in [5.41, 5.74) is 8.38. The Morgan fingerprint density at radius 3 is 2.46 bits per heavy atom. The first kappa shape index (κ1) is 25.1. The molecular weight excluding hydrogens is 504 g/mol. The van der Waals surface area contributed by atoms with E-state index in [0.717, 1.165) is 17.7 Å². The number of halogens is 2. The van der Waals surface area contributed by atoms with Crippen molar-refractivity contribution in [3.63, 3.8) is 0 Å². The van der Waals surface area contributed by atoms with E-state index in [-0.39, 0.29) is 23.8 Å². The SMILES string of the molecule is Cc1nn(-c2ncccn2)cc1C(=O)N1CC2C(C1)C2Oc1cc(C(C)(C)N)cc(-c2ccc(F)c(F)c2)n1. The summed E-state index contributed by atoms with van der Waals surface area (Å²) in [5.74, 6) is -0.862. The molecule has 2 atom stereocenters. The lowest BCUT2D eigenvalue weighted by molar-refractivity contribution is 0.0751. The number of carbonyl (C=O) groups is 1. The second-order valence-corrected chi connectivity index (χ2v) is 10.7. The second-order valence-electron chi connectivity index (χ2n) is 10.7. The number of rotatable bonds is 6. The molecule has 4 aromatic rings. The zero-order valence-corrected chi connectivity index (χ0v) is 21.7. The lowest BCUT2D eigenvalue weighted by Gasteiger charge is -2.22. The summed E-state index contributed by atoms with van der Waals surface area (Å²) >= 11 is 0. The van der Waals surface area contributed by atoms with Crippen LogP contribution in [0.4, 0.5) is 8.78 Å². The number of aryl methyl sites for hydroxylation is 1. The maximum absolute atomic E-state index is 13.9. The minimum atomic E-state index is -0.951. The third-order valence-electron chi connectivity index (χ3n) is 7.31. The van der Waals surface area contributed by atoms with Crippen molar-refractivity contribution < 1.29 is 18.3 Å². The predicted molar refractivity (Wildman–Crippen MR) is 138 cm³/mol. The summed E-state index contributed by atoms with van der Waals surface area (Å²) < 4.78 is 35.2. The van der Waals surface area contributed by atoms with Crippen LogP contribution in [0, 0.1) is 30.4 Å². The molecule has 9 nitrogen and oxygen atoms in total. The van der Waals surface area contributed by atoms with E-state index < -0.39 is 17.2 Å². The third-order valence-corrected chi connectivity index (χ3v) is 7.31. The molecule has 3 aromatic heterocycles. The van der Waals surface area contributed by atoms with Crippen molar-refractivity contribution >= 4 is 5.91 Å². The molecule has 39 heavy (non-hydrogen) atoms. The predicted octanol–water partition coefficient (Wildman–Crippen LogP) is 3.65. The van der Waals surface area contributed by atoms with E-state index in [1.165, 1.54) is 10.7 Å². The summed E-state index contributed by atoms with van der Waals surface area (Å²) in [6.45, 7) is 6.60. The van der Waals surface area contributed by atoms with Gasteiger partial charge in [-0.3, -0.25) is 4.79 Å². The Kier molecular flexibility index (Phi) is 5.91. The second kappa shape index (κ2) is 9.19. The van der Waals surface area contributed by atoms with E-state index in [9.17, 15) is 13.6 Å². The fourth-order valence-electron chi connectivity index (χ4n) is 5.05. The van der Waals surface area contributed by atoms with E-state index in [4.69, 9.17) is 10.5 Å². The van der Waals surface area contributed by atoms with Crippen molar-refractivity contribution in [1.29, 1.82) is 0 Å². The minimum Gasteiger partial charge on any atom is -0.474 e. The number of nitrogens with zero attached hydrogens (tertiary/aromatic N) is 6. The Labute approximate surface area is 223 Å². The highest BCUT2D eigenvalue weighted by molar-refractivity contribution is 5.95. The summed E-state index contributed by atoms with van der Waals surface area (Å²) in [4.78, 5) is 28.0. The molecule has 1 saturated carbocycles. The topological polar surface area (TPSA) is 112 Å². The minimum absolute atomic E-state index is 0.0914. The number of nitrogens with two attached hydrogens (primary N) is 1. The maximum atomic E-state index is 13.9. The highest BCUT2D eigenvalue weighted by atomic mass is 19.2. The quantitative estimate of drug-likeness (QED) is 0.404. The normalized spacial score (nSPS) is 20.2. The fourth-order valence-corrected chi connectivity index (χ4v) is 5.05. The number of hydrogen-bond donors (Lipinski definition) is 1. The number of piperidine rings is 1. The number of pyridine rings is 1. The molecule has 2 aliphatic rings. The molecule has 6 rings (SSSR count). The van der Waals surface area contributed by atoms with Gasteiger partial charge >= 0.3 is 0 Å². The number of benzene rings is 1. The number of ether oxygens (including phenoxy) is 1. The Bertz CT molecular complexity index is 1560. The Hall–Kier alpha value is -4.25. The van der Waals surface area contributed by atoms with Crippen molar-refractivity contribution in [2.24, 2.45) is 17.6 Å². The molecule has 200 valence electrons. The molecule has 4 heterocycles. The average Bonchev–Trinajstić information content (AvgIpc) is 3.22. The molecule has 1 aromatic carbocycles. The molecule has 0 bridgehead atoms. The van der Waals surface area contributed by atoms with Gasteiger partial charge in [0.15, 0.2) is 11.6 Å². The Morgan fingerprint density at radius 1 is 1.08 bits per heavy atom. The van der Waals surface area contributed by atoms with Gasteiger partial charge < -0.3 is 15.4 Å². The van der Waals surface area contributed by atoms with Crippen LogP contribution in [0.3, 0.4) is 0 Å². The van der Waals surface area contributed by atoms with Gasteiger partial charge in [0, 0.05) is 60.7 Å². The highest BCUT2D eigenvalue weighted by Gasteiger charge is 2.59. The van der Waals surface area contributed by atoms with Gasteiger partial charge in [-0.05, 0) is 56.7 Å². The number of fused-ring (bicyclic) bond motifs is 1. The molecule has 11 heteroatoms. The van der Waals surface area contributed by atoms with Crippen LogP contribution in [0.1, 0.15) is 35.5 Å². The van der Waals surface area contributed by atoms with E-state index in [0.29, 0.717) is 47.4 Å². The van der Waals surface area contributed by atoms with E-state index >= 15 is 0 Å². The van der Waals surface area contributed by atoms with Crippen LogP contribution in [0.25, 0.3) is 17.2 Å². The Morgan fingerprint density at radius 2 is 1.79 bits per heavy atom. The molecule has 1 saturated heterocycles. The fraction of sp³-hybridized carbons (Fsp3) is 0.321. The van der Waals surface area contributed by atoms with Crippen LogP contribution >= 0.6 is 0 Å². The molecule has 0 radical (unpaired) electrons. The van der Waals surface area contributed by atoms with E-state index in [1.54, 1.807) is 43.7 Å². The van der Waals surface area contributed by atoms with Gasteiger partial charge in [-0.15, -0.1) is 0 Å². The largest absolute Gasteiger partial charge is 0.474 e. The number of aromatic nitrogens is 5. The number of hydrogen-bond acceptors (Lipinski definition) is 7. The molecule has 2 N–H and O–H groups in total. The lowest BCUT2D eigenvalue weighted by atomic mass is 9.95. The summed E-state index contributed by atoms with van der Waals surface area (Å²) in [6, 6.07) is 8.91. The molecule has 0 spiro atoms. The van der Waals surface area contributed by atoms with Crippen LogP contribution in [0.15, 0.2) is 55.0 Å².